The number of H-pyrrole nitrogens is 1. The van der Waals surface area contributed by atoms with Crippen molar-refractivity contribution in [2.45, 2.75) is 0 Å². The van der Waals surface area contributed by atoms with E-state index in [0.717, 1.165) is 16.7 Å². The maximum absolute atomic E-state index is 10.7. The molecule has 0 radical (unpaired) electrons. The average Bonchev–Trinajstić information content (AvgIpc) is 3.34. The van der Waals surface area contributed by atoms with Crippen molar-refractivity contribution in [1.29, 1.82) is 0 Å². The van der Waals surface area contributed by atoms with Gasteiger partial charge in [-0.05, 0) is 66.7 Å². The molecule has 4 rings (SSSR count). The Morgan fingerprint density at radius 2 is 1.86 bits per heavy atom. The van der Waals surface area contributed by atoms with Crippen LogP contribution in [0.15, 0.2) is 66.9 Å². The Kier molecular flexibility index (Phi) is 7.96. The fourth-order valence-corrected chi connectivity index (χ4v) is 3.83. The first-order valence-corrected chi connectivity index (χ1v) is 11.5. The fourth-order valence-electron chi connectivity index (χ4n) is 3.32. The monoisotopic (exact) mass is 518 g/mol. The number of benzene rings is 3. The Labute approximate surface area is 218 Å². The first-order chi connectivity index (χ1) is 17.4. The van der Waals surface area contributed by atoms with Crippen LogP contribution in [0, 0.1) is 11.8 Å². The van der Waals surface area contributed by atoms with E-state index in [4.69, 9.17) is 37.8 Å². The number of aliphatic carboxylic acids is 1. The van der Waals surface area contributed by atoms with Gasteiger partial charge in [0.1, 0.15) is 17.3 Å². The molecule has 0 spiro atoms. The molecule has 0 atom stereocenters. The number of nitrogens with zero attached hydrogens (tertiary/aromatic N) is 1. The van der Waals surface area contributed by atoms with Gasteiger partial charge in [-0.25, -0.2) is 9.78 Å². The number of aromatic nitrogens is 2. The molecule has 36 heavy (non-hydrogen) atoms. The predicted octanol–water partition coefficient (Wildman–Crippen LogP) is 6.43. The van der Waals surface area contributed by atoms with Gasteiger partial charge < -0.3 is 19.6 Å². The number of carboxylic acids is 1. The largest absolute Gasteiger partial charge is 0.496 e. The van der Waals surface area contributed by atoms with Crippen LogP contribution in [-0.2, 0) is 4.79 Å². The van der Waals surface area contributed by atoms with Gasteiger partial charge in [0.05, 0.1) is 17.8 Å². The van der Waals surface area contributed by atoms with Crippen molar-refractivity contribution in [2.24, 2.45) is 0 Å². The Bertz CT molecular complexity index is 1500. The zero-order valence-corrected chi connectivity index (χ0v) is 20.6. The number of imidazole rings is 1. The molecular weight excluding hydrogens is 499 g/mol. The summed E-state index contributed by atoms with van der Waals surface area (Å²) in [5.74, 6) is 6.94. The summed E-state index contributed by atoms with van der Waals surface area (Å²) in [7, 11) is 1.61. The Balaban J connectivity index is 1.54. The molecule has 2 N–H and O–H groups in total. The van der Waals surface area contributed by atoms with Crippen LogP contribution in [0.3, 0.4) is 0 Å². The van der Waals surface area contributed by atoms with Crippen molar-refractivity contribution in [3.05, 3.63) is 99.4 Å². The van der Waals surface area contributed by atoms with E-state index in [1.54, 1.807) is 43.6 Å². The summed E-state index contributed by atoms with van der Waals surface area (Å²) in [4.78, 5) is 18.4. The van der Waals surface area contributed by atoms with E-state index in [1.165, 1.54) is 0 Å². The average molecular weight is 519 g/mol. The number of carbonyl (C=O) groups is 1. The topological polar surface area (TPSA) is 84.4 Å². The molecule has 0 amide bonds. The van der Waals surface area contributed by atoms with E-state index < -0.39 is 12.6 Å². The first kappa shape index (κ1) is 24.9. The number of aromatic amines is 1. The van der Waals surface area contributed by atoms with Gasteiger partial charge in [-0.15, -0.1) is 0 Å². The number of hydrogen-bond acceptors (Lipinski definition) is 4. The van der Waals surface area contributed by atoms with Gasteiger partial charge in [0.25, 0.3) is 0 Å². The number of hydrogen-bond donors (Lipinski definition) is 2. The third kappa shape index (κ3) is 6.48. The third-order valence-corrected chi connectivity index (χ3v) is 5.55. The number of nitrogens with one attached hydrogen (secondary N) is 1. The summed E-state index contributed by atoms with van der Waals surface area (Å²) in [6, 6.07) is 17.9. The van der Waals surface area contributed by atoms with Crippen molar-refractivity contribution >= 4 is 41.3 Å². The molecule has 0 saturated carbocycles. The lowest BCUT2D eigenvalue weighted by Crippen LogP contribution is -2.09. The zero-order chi connectivity index (χ0) is 25.5. The summed E-state index contributed by atoms with van der Waals surface area (Å²) >= 11 is 12.3. The van der Waals surface area contributed by atoms with Crippen LogP contribution >= 0.6 is 23.2 Å². The minimum Gasteiger partial charge on any atom is -0.496 e. The van der Waals surface area contributed by atoms with Crippen molar-refractivity contribution in [3.8, 4) is 34.6 Å². The van der Waals surface area contributed by atoms with Crippen molar-refractivity contribution in [2.75, 3.05) is 13.7 Å². The van der Waals surface area contributed by atoms with Crippen LogP contribution in [0.25, 0.3) is 23.4 Å². The first-order valence-electron chi connectivity index (χ1n) is 10.7. The predicted molar refractivity (Wildman–Crippen MR) is 142 cm³/mol. The Hall–Kier alpha value is -4.18. The lowest BCUT2D eigenvalue weighted by molar-refractivity contribution is -0.139. The summed E-state index contributed by atoms with van der Waals surface area (Å²) in [5, 5.41) is 9.86. The summed E-state index contributed by atoms with van der Waals surface area (Å²) in [6.07, 6.45) is 5.50. The molecule has 3 aromatic carbocycles. The van der Waals surface area contributed by atoms with E-state index in [2.05, 4.69) is 21.8 Å². The van der Waals surface area contributed by atoms with Gasteiger partial charge in [0.2, 0.25) is 0 Å². The third-order valence-electron chi connectivity index (χ3n) is 5.00. The summed E-state index contributed by atoms with van der Waals surface area (Å²) in [6.45, 7) is -0.408. The molecule has 8 heteroatoms. The summed E-state index contributed by atoms with van der Waals surface area (Å²) < 4.78 is 10.7. The van der Waals surface area contributed by atoms with Gasteiger partial charge in [-0.2, -0.15) is 0 Å². The zero-order valence-electron chi connectivity index (χ0n) is 19.1. The van der Waals surface area contributed by atoms with Crippen LogP contribution < -0.4 is 9.47 Å². The highest BCUT2D eigenvalue weighted by Gasteiger charge is 2.08. The van der Waals surface area contributed by atoms with Crippen LogP contribution in [0.1, 0.15) is 22.5 Å². The minimum absolute atomic E-state index is 0.408. The molecule has 1 heterocycles. The van der Waals surface area contributed by atoms with E-state index in [0.29, 0.717) is 38.6 Å². The van der Waals surface area contributed by atoms with Gasteiger partial charge in [0, 0.05) is 33.5 Å². The molecule has 6 nitrogen and oxygen atoms in total. The van der Waals surface area contributed by atoms with Crippen LogP contribution in [0.4, 0.5) is 0 Å². The van der Waals surface area contributed by atoms with E-state index >= 15 is 0 Å². The van der Waals surface area contributed by atoms with E-state index in [1.807, 2.05) is 42.5 Å². The molecule has 0 fully saturated rings. The van der Waals surface area contributed by atoms with Crippen molar-refractivity contribution in [3.63, 3.8) is 0 Å². The van der Waals surface area contributed by atoms with Crippen LogP contribution in [0.2, 0.25) is 10.0 Å². The summed E-state index contributed by atoms with van der Waals surface area (Å²) in [5.41, 5.74) is 3.79. The number of carboxylic acid groups (broad SMARTS) is 1. The normalized spacial score (nSPS) is 10.6. The maximum atomic E-state index is 10.7. The molecule has 0 bridgehead atoms. The molecule has 0 unspecified atom stereocenters. The molecule has 1 aromatic heterocycles. The maximum Gasteiger partial charge on any atom is 0.341 e. The smallest absolute Gasteiger partial charge is 0.341 e. The van der Waals surface area contributed by atoms with Crippen molar-refractivity contribution in [1.82, 2.24) is 9.97 Å². The van der Waals surface area contributed by atoms with Gasteiger partial charge in [-0.1, -0.05) is 41.1 Å². The molecule has 0 aliphatic carbocycles. The van der Waals surface area contributed by atoms with Crippen LogP contribution in [0.5, 0.6) is 11.5 Å². The number of ether oxygens (including phenoxy) is 2. The quantitative estimate of drug-likeness (QED) is 0.275. The second kappa shape index (κ2) is 11.5. The van der Waals surface area contributed by atoms with E-state index in [-0.39, 0.29) is 0 Å². The number of halogens is 2. The standard InChI is InChI=1S/C28H20Cl2N2O4/c1-35-26-11-7-19(6-5-18-3-2-4-22(14-18)36-17-28(33)34)13-20(26)8-12-27-31-16-25(32-27)23-10-9-21(29)15-24(23)30/h2-4,7-16H,17H2,1H3,(H,31,32)(H,33,34)/b12-8+. The lowest BCUT2D eigenvalue weighted by atomic mass is 10.1. The van der Waals surface area contributed by atoms with E-state index in [9.17, 15) is 4.79 Å². The highest BCUT2D eigenvalue weighted by atomic mass is 35.5. The number of methoxy groups -OCH3 is 1. The molecule has 4 aromatic rings. The second-order valence-electron chi connectivity index (χ2n) is 7.55. The molecule has 0 aliphatic rings. The molecule has 180 valence electrons. The highest BCUT2D eigenvalue weighted by Crippen LogP contribution is 2.29. The number of rotatable bonds is 7. The lowest BCUT2D eigenvalue weighted by Gasteiger charge is -2.05. The fraction of sp³-hybridized carbons (Fsp3) is 0.0714. The van der Waals surface area contributed by atoms with Crippen LogP contribution in [-0.4, -0.2) is 34.8 Å². The minimum atomic E-state index is -1.04. The second-order valence-corrected chi connectivity index (χ2v) is 8.39. The Morgan fingerprint density at radius 1 is 1.06 bits per heavy atom. The SMILES string of the molecule is COc1ccc(C#Cc2cccc(OCC(=O)O)c2)cc1/C=C/c1nc(-c2ccc(Cl)cc2Cl)c[nH]1. The molecule has 0 aliphatic heterocycles. The van der Waals surface area contributed by atoms with Crippen molar-refractivity contribution < 1.29 is 19.4 Å². The van der Waals surface area contributed by atoms with Gasteiger partial charge in [0.15, 0.2) is 6.61 Å². The molecule has 0 saturated heterocycles. The Morgan fingerprint density at radius 3 is 2.61 bits per heavy atom. The van der Waals surface area contributed by atoms with Gasteiger partial charge >= 0.3 is 5.97 Å². The molecular formula is C28H20Cl2N2O4. The van der Waals surface area contributed by atoms with Gasteiger partial charge in [-0.3, -0.25) is 0 Å². The highest BCUT2D eigenvalue weighted by molar-refractivity contribution is 6.36.